The number of rotatable bonds is 8. The van der Waals surface area contributed by atoms with Gasteiger partial charge in [-0.15, -0.1) is 0 Å². The molecule has 0 aliphatic carbocycles. The first-order valence-electron chi connectivity index (χ1n) is 5.58. The highest BCUT2D eigenvalue weighted by Gasteiger charge is 2.58. The maximum absolute atomic E-state index is 11.0. The lowest BCUT2D eigenvalue weighted by atomic mass is 10.3. The van der Waals surface area contributed by atoms with Crippen molar-refractivity contribution < 1.29 is 33.8 Å². The highest BCUT2D eigenvalue weighted by atomic mass is 31.2. The molecule has 0 unspecified atom stereocenters. The van der Waals surface area contributed by atoms with Gasteiger partial charge in [0.25, 0.3) is 5.08 Å². The quantitative estimate of drug-likeness (QED) is 0.156. The summed E-state index contributed by atoms with van der Waals surface area (Å²) < 4.78 is 22.0. The summed E-state index contributed by atoms with van der Waals surface area (Å²) in [5.74, 6) is 0.346. The van der Waals surface area contributed by atoms with Gasteiger partial charge >= 0.3 is 15.2 Å². The summed E-state index contributed by atoms with van der Waals surface area (Å²) in [6.07, 6.45) is 0.451. The van der Waals surface area contributed by atoms with Crippen molar-refractivity contribution in [2.24, 2.45) is 10.7 Å². The van der Waals surface area contributed by atoms with Gasteiger partial charge in [-0.2, -0.15) is 0 Å². The Hall–Kier alpha value is -0.270. The molecule has 0 aromatic heterocycles. The van der Waals surface area contributed by atoms with E-state index in [1.165, 1.54) is 0 Å². The minimum absolute atomic E-state index is 0.0220. The number of aliphatic imine (C=N–C) groups is 1. The van der Waals surface area contributed by atoms with E-state index >= 15 is 0 Å². The van der Waals surface area contributed by atoms with Crippen molar-refractivity contribution in [1.82, 2.24) is 0 Å². The van der Waals surface area contributed by atoms with E-state index in [2.05, 4.69) is 4.99 Å². The van der Waals surface area contributed by atoms with Gasteiger partial charge in [0.15, 0.2) is 0 Å². The van der Waals surface area contributed by atoms with Crippen molar-refractivity contribution in [2.75, 3.05) is 6.54 Å². The van der Waals surface area contributed by atoms with Crippen LogP contribution >= 0.6 is 15.2 Å². The van der Waals surface area contributed by atoms with Gasteiger partial charge in [0.2, 0.25) is 0 Å². The molecular weight excluding hydrogens is 298 g/mol. The van der Waals surface area contributed by atoms with E-state index in [0.29, 0.717) is 12.3 Å². The number of nitrogens with two attached hydrogens (primary N) is 1. The Morgan fingerprint density at radius 2 is 1.68 bits per heavy atom. The molecule has 0 radical (unpaired) electrons. The Morgan fingerprint density at radius 1 is 1.21 bits per heavy atom. The molecular formula is C8H20N2O7P2. The average Bonchev–Trinajstić information content (AvgIpc) is 2.21. The van der Waals surface area contributed by atoms with Crippen LogP contribution in [0.4, 0.5) is 0 Å². The van der Waals surface area contributed by atoms with Crippen LogP contribution in [0, 0.1) is 0 Å². The molecule has 0 aliphatic heterocycles. The smallest absolute Gasteiger partial charge is 0.369 e. The second kappa shape index (κ2) is 6.95. The van der Waals surface area contributed by atoms with Gasteiger partial charge in [-0.3, -0.25) is 14.1 Å². The van der Waals surface area contributed by atoms with Crippen molar-refractivity contribution in [2.45, 2.75) is 37.7 Å². The number of hydrogen-bond donors (Lipinski definition) is 6. The molecule has 7 N–H and O–H groups in total. The highest BCUT2D eigenvalue weighted by Crippen LogP contribution is 2.69. The third kappa shape index (κ3) is 5.31. The Labute approximate surface area is 110 Å². The molecule has 0 atom stereocenters. The zero-order valence-electron chi connectivity index (χ0n) is 10.5. The number of hydrogen-bond acceptors (Lipinski definition) is 4. The van der Waals surface area contributed by atoms with Crippen molar-refractivity contribution in [3.8, 4) is 0 Å². The molecule has 0 fully saturated rings. The summed E-state index contributed by atoms with van der Waals surface area (Å²) in [4.78, 5) is 39.4. The molecule has 19 heavy (non-hydrogen) atoms. The molecule has 0 saturated carbocycles. The normalized spacial score (nSPS) is 14.7. The summed E-state index contributed by atoms with van der Waals surface area (Å²) in [5, 5.41) is 6.18. The largest absolute Gasteiger partial charge is 0.387 e. The Balaban J connectivity index is 4.70. The van der Waals surface area contributed by atoms with Crippen LogP contribution in [0.25, 0.3) is 0 Å². The number of amidine groups is 1. The van der Waals surface area contributed by atoms with Crippen molar-refractivity contribution in [3.05, 3.63) is 0 Å². The predicted molar refractivity (Wildman–Crippen MR) is 69.7 cm³/mol. The molecule has 11 heteroatoms. The minimum atomic E-state index is -5.37. The maximum atomic E-state index is 11.0. The van der Waals surface area contributed by atoms with Crippen LogP contribution in [0.2, 0.25) is 0 Å². The minimum Gasteiger partial charge on any atom is -0.387 e. The second-order valence-electron chi connectivity index (χ2n) is 4.09. The molecule has 9 nitrogen and oxygen atoms in total. The van der Waals surface area contributed by atoms with E-state index in [1.807, 2.05) is 6.92 Å². The Kier molecular flexibility index (Phi) is 6.85. The third-order valence-corrected chi connectivity index (χ3v) is 6.30. The Bertz CT molecular complexity index is 391. The van der Waals surface area contributed by atoms with Crippen LogP contribution in [0.3, 0.4) is 0 Å². The molecule has 114 valence electrons. The Morgan fingerprint density at radius 3 is 2.05 bits per heavy atom. The lowest BCUT2D eigenvalue weighted by molar-refractivity contribution is 0.121. The van der Waals surface area contributed by atoms with E-state index in [9.17, 15) is 14.2 Å². The van der Waals surface area contributed by atoms with Crippen LogP contribution in [0.5, 0.6) is 0 Å². The van der Waals surface area contributed by atoms with E-state index in [0.717, 1.165) is 6.42 Å². The van der Waals surface area contributed by atoms with Gasteiger partial charge in [-0.25, -0.2) is 0 Å². The van der Waals surface area contributed by atoms with Gasteiger partial charge in [0.1, 0.15) is 0 Å². The summed E-state index contributed by atoms with van der Waals surface area (Å²) >= 11 is 0. The highest BCUT2D eigenvalue weighted by molar-refractivity contribution is 7.72. The van der Waals surface area contributed by atoms with Crippen LogP contribution in [-0.4, -0.2) is 42.1 Å². The third-order valence-electron chi connectivity index (χ3n) is 2.42. The fourth-order valence-electron chi connectivity index (χ4n) is 1.34. The van der Waals surface area contributed by atoms with Gasteiger partial charge in [-0.1, -0.05) is 6.92 Å². The molecule has 0 rings (SSSR count). The fraction of sp³-hybridized carbons (Fsp3) is 0.875. The number of aliphatic hydroxyl groups is 1. The first-order chi connectivity index (χ1) is 8.45. The summed E-state index contributed by atoms with van der Waals surface area (Å²) in [6, 6.07) is 0. The van der Waals surface area contributed by atoms with Crippen LogP contribution in [-0.2, 0) is 9.13 Å². The molecule has 0 saturated heterocycles. The first kappa shape index (κ1) is 18.7. The molecule has 0 spiro atoms. The first-order valence-corrected chi connectivity index (χ1v) is 8.80. The number of nitrogens with zero attached hydrogens (tertiary/aromatic N) is 1. The molecule has 0 heterocycles. The zero-order chi connectivity index (χ0) is 15.3. The van der Waals surface area contributed by atoms with Crippen molar-refractivity contribution >= 4 is 21.0 Å². The van der Waals surface area contributed by atoms with Gasteiger partial charge in [0.05, 0.1) is 5.84 Å². The lowest BCUT2D eigenvalue weighted by Crippen LogP contribution is -2.28. The maximum Gasteiger partial charge on any atom is 0.369 e. The van der Waals surface area contributed by atoms with E-state index < -0.39 is 26.7 Å². The molecule has 0 bridgehead atoms. The molecule has 0 amide bonds. The van der Waals surface area contributed by atoms with Crippen LogP contribution < -0.4 is 5.73 Å². The topological polar surface area (TPSA) is 174 Å². The summed E-state index contributed by atoms with van der Waals surface area (Å²) in [7, 11) is -10.7. The molecule has 0 aromatic rings. The fourth-order valence-corrected chi connectivity index (χ4v) is 3.59. The predicted octanol–water partition coefficient (Wildman–Crippen LogP) is -0.0746. The molecule has 0 aliphatic rings. The standard InChI is InChI=1S/C8H20N2O7P2/c1-2-4-7(9)10-6-3-5-8(11,18(12,13)14)19(15,16)17/h11H,2-6H2,1H3,(H2,9,10)(H2,12,13,14)(H2,15,16,17). The van der Waals surface area contributed by atoms with E-state index in [4.69, 9.17) is 25.3 Å². The van der Waals surface area contributed by atoms with Crippen LogP contribution in [0.1, 0.15) is 32.6 Å². The summed E-state index contributed by atoms with van der Waals surface area (Å²) in [6.45, 7) is 1.91. The van der Waals surface area contributed by atoms with E-state index in [-0.39, 0.29) is 13.0 Å². The van der Waals surface area contributed by atoms with E-state index in [1.54, 1.807) is 0 Å². The SMILES string of the molecule is CCCC(N)=NCCCC(O)(P(=O)(O)O)P(=O)(O)O. The van der Waals surface area contributed by atoms with Crippen molar-refractivity contribution in [1.29, 1.82) is 0 Å². The van der Waals surface area contributed by atoms with Crippen molar-refractivity contribution in [3.63, 3.8) is 0 Å². The second-order valence-corrected chi connectivity index (χ2v) is 8.10. The zero-order valence-corrected chi connectivity index (χ0v) is 12.3. The van der Waals surface area contributed by atoms with Crippen LogP contribution in [0.15, 0.2) is 4.99 Å². The van der Waals surface area contributed by atoms with Gasteiger partial charge in [0, 0.05) is 19.4 Å². The van der Waals surface area contributed by atoms with Gasteiger partial charge in [-0.05, 0) is 12.8 Å². The lowest BCUT2D eigenvalue weighted by Gasteiger charge is -2.28. The summed E-state index contributed by atoms with van der Waals surface area (Å²) in [5.41, 5.74) is 5.49. The van der Waals surface area contributed by atoms with Gasteiger partial charge < -0.3 is 30.4 Å². The average molecular weight is 318 g/mol. The monoisotopic (exact) mass is 318 g/mol. The molecule has 0 aromatic carbocycles.